The largest absolute Gasteiger partial charge is 0.506 e. The molecule has 0 saturated carbocycles. The van der Waals surface area contributed by atoms with Gasteiger partial charge in [0, 0.05) is 29.7 Å². The standard InChI is InChI=1S/C25H21ClFN3O4S/c26-18-8-6-17(7-9-18)14-29-25(32)21-15-28-23-20(24(21)31)12-19(13-22(23)27)35(33,34)30-11-10-16-4-2-1-3-5-16/h1-9,12-13,15,30H,10-11,14H2,(H,28,31)(H,29,32). The summed E-state index contributed by atoms with van der Waals surface area (Å²) in [5.41, 5.74) is 1.26. The van der Waals surface area contributed by atoms with Crippen LogP contribution in [0.25, 0.3) is 10.9 Å². The van der Waals surface area contributed by atoms with E-state index in [2.05, 4.69) is 15.0 Å². The van der Waals surface area contributed by atoms with Gasteiger partial charge in [-0.3, -0.25) is 9.78 Å². The molecule has 0 aliphatic rings. The molecular weight excluding hydrogens is 493 g/mol. The van der Waals surface area contributed by atoms with Crippen molar-refractivity contribution in [3.05, 3.63) is 100 Å². The Balaban J connectivity index is 1.55. The Morgan fingerprint density at radius 2 is 1.74 bits per heavy atom. The maximum Gasteiger partial charge on any atom is 0.256 e. The number of benzene rings is 3. The average molecular weight is 514 g/mol. The van der Waals surface area contributed by atoms with Gasteiger partial charge in [-0.05, 0) is 41.8 Å². The van der Waals surface area contributed by atoms with Crippen LogP contribution in [0.4, 0.5) is 4.39 Å². The van der Waals surface area contributed by atoms with Crippen LogP contribution < -0.4 is 10.0 Å². The maximum absolute atomic E-state index is 14.7. The summed E-state index contributed by atoms with van der Waals surface area (Å²) in [6.07, 6.45) is 1.49. The normalized spacial score (nSPS) is 11.5. The number of halogens is 2. The molecule has 35 heavy (non-hydrogen) atoms. The third-order valence-corrected chi connectivity index (χ3v) is 7.03. The highest BCUT2D eigenvalue weighted by atomic mass is 35.5. The lowest BCUT2D eigenvalue weighted by Gasteiger charge is -2.12. The molecule has 0 unspecified atom stereocenters. The van der Waals surface area contributed by atoms with E-state index in [-0.39, 0.29) is 34.5 Å². The Labute approximate surface area is 206 Å². The van der Waals surface area contributed by atoms with Crippen molar-refractivity contribution in [2.24, 2.45) is 0 Å². The highest BCUT2D eigenvalue weighted by molar-refractivity contribution is 7.89. The number of aromatic hydroxyl groups is 1. The van der Waals surface area contributed by atoms with Crippen LogP contribution in [-0.4, -0.2) is 31.0 Å². The van der Waals surface area contributed by atoms with Gasteiger partial charge in [-0.2, -0.15) is 0 Å². The number of rotatable bonds is 8. The molecule has 0 saturated heterocycles. The first-order valence-electron chi connectivity index (χ1n) is 10.6. The molecule has 4 aromatic rings. The van der Waals surface area contributed by atoms with E-state index in [0.717, 1.165) is 29.5 Å². The van der Waals surface area contributed by atoms with Crippen molar-refractivity contribution in [2.75, 3.05) is 6.54 Å². The number of nitrogens with zero attached hydrogens (tertiary/aromatic N) is 1. The Kier molecular flexibility index (Phi) is 7.30. The van der Waals surface area contributed by atoms with Crippen LogP contribution in [0.3, 0.4) is 0 Å². The van der Waals surface area contributed by atoms with Gasteiger partial charge in [-0.15, -0.1) is 0 Å². The van der Waals surface area contributed by atoms with Crippen LogP contribution >= 0.6 is 11.6 Å². The fourth-order valence-corrected chi connectivity index (χ4v) is 4.68. The van der Waals surface area contributed by atoms with Gasteiger partial charge in [-0.1, -0.05) is 54.1 Å². The number of hydrogen-bond donors (Lipinski definition) is 3. The summed E-state index contributed by atoms with van der Waals surface area (Å²) >= 11 is 5.85. The summed E-state index contributed by atoms with van der Waals surface area (Å²) in [4.78, 5) is 16.2. The third kappa shape index (κ3) is 5.76. The third-order valence-electron chi connectivity index (χ3n) is 5.34. The number of aromatic nitrogens is 1. The zero-order valence-electron chi connectivity index (χ0n) is 18.3. The first-order valence-corrected chi connectivity index (χ1v) is 12.5. The van der Waals surface area contributed by atoms with Crippen molar-refractivity contribution in [3.63, 3.8) is 0 Å². The topological polar surface area (TPSA) is 108 Å². The molecule has 0 aliphatic carbocycles. The van der Waals surface area contributed by atoms with Gasteiger partial charge in [0.1, 0.15) is 16.8 Å². The van der Waals surface area contributed by atoms with Gasteiger partial charge >= 0.3 is 0 Å². The fraction of sp³-hybridized carbons (Fsp3) is 0.120. The molecule has 0 fully saturated rings. The van der Waals surface area contributed by atoms with Gasteiger partial charge in [-0.25, -0.2) is 17.5 Å². The molecule has 3 N–H and O–H groups in total. The van der Waals surface area contributed by atoms with Gasteiger partial charge < -0.3 is 10.4 Å². The summed E-state index contributed by atoms with van der Waals surface area (Å²) in [5, 5.41) is 13.7. The zero-order valence-corrected chi connectivity index (χ0v) is 19.9. The molecule has 3 aromatic carbocycles. The summed E-state index contributed by atoms with van der Waals surface area (Å²) in [7, 11) is -4.08. The van der Waals surface area contributed by atoms with E-state index in [0.29, 0.717) is 11.4 Å². The summed E-state index contributed by atoms with van der Waals surface area (Å²) in [6, 6.07) is 18.0. The maximum atomic E-state index is 14.7. The summed E-state index contributed by atoms with van der Waals surface area (Å²) < 4.78 is 42.7. The molecule has 1 aromatic heterocycles. The highest BCUT2D eigenvalue weighted by Crippen LogP contribution is 2.31. The molecule has 0 bridgehead atoms. The second-order valence-electron chi connectivity index (χ2n) is 7.76. The van der Waals surface area contributed by atoms with Crippen LogP contribution in [0.5, 0.6) is 5.75 Å². The number of hydrogen-bond acceptors (Lipinski definition) is 5. The minimum atomic E-state index is -4.08. The van der Waals surface area contributed by atoms with E-state index in [1.807, 2.05) is 30.3 Å². The van der Waals surface area contributed by atoms with E-state index < -0.39 is 27.5 Å². The first-order chi connectivity index (χ1) is 16.7. The molecule has 0 radical (unpaired) electrons. The van der Waals surface area contributed by atoms with E-state index in [1.54, 1.807) is 24.3 Å². The smallest absolute Gasteiger partial charge is 0.256 e. The second-order valence-corrected chi connectivity index (χ2v) is 9.97. The minimum Gasteiger partial charge on any atom is -0.506 e. The van der Waals surface area contributed by atoms with Crippen molar-refractivity contribution in [3.8, 4) is 5.75 Å². The number of carbonyl (C=O) groups excluding carboxylic acids is 1. The van der Waals surface area contributed by atoms with Crippen LogP contribution in [0.15, 0.2) is 77.8 Å². The van der Waals surface area contributed by atoms with Gasteiger partial charge in [0.15, 0.2) is 5.82 Å². The monoisotopic (exact) mass is 513 g/mol. The molecule has 10 heteroatoms. The molecule has 7 nitrogen and oxygen atoms in total. The van der Waals surface area contributed by atoms with Crippen molar-refractivity contribution in [1.29, 1.82) is 0 Å². The molecule has 0 spiro atoms. The molecule has 1 amide bonds. The molecule has 0 aliphatic heterocycles. The van der Waals surface area contributed by atoms with Crippen molar-refractivity contribution >= 4 is 38.4 Å². The predicted molar refractivity (Wildman–Crippen MR) is 131 cm³/mol. The lowest BCUT2D eigenvalue weighted by Crippen LogP contribution is -2.26. The molecule has 1 heterocycles. The highest BCUT2D eigenvalue weighted by Gasteiger charge is 2.21. The van der Waals surface area contributed by atoms with Crippen molar-refractivity contribution in [1.82, 2.24) is 15.0 Å². The number of pyridine rings is 1. The van der Waals surface area contributed by atoms with Crippen LogP contribution in [0, 0.1) is 5.82 Å². The second kappa shape index (κ2) is 10.4. The van der Waals surface area contributed by atoms with Crippen LogP contribution in [0.1, 0.15) is 21.5 Å². The minimum absolute atomic E-state index is 0.101. The van der Waals surface area contributed by atoms with Crippen LogP contribution in [0.2, 0.25) is 5.02 Å². The fourth-order valence-electron chi connectivity index (χ4n) is 3.48. The van der Waals surface area contributed by atoms with E-state index >= 15 is 0 Å². The Hall–Kier alpha value is -3.53. The molecule has 0 atom stereocenters. The van der Waals surface area contributed by atoms with Gasteiger partial charge in [0.25, 0.3) is 5.91 Å². The van der Waals surface area contributed by atoms with E-state index in [4.69, 9.17) is 11.6 Å². The molecule has 4 rings (SSSR count). The SMILES string of the molecule is O=C(NCc1ccc(Cl)cc1)c1cnc2c(F)cc(S(=O)(=O)NCCc3ccccc3)cc2c1O. The molecular formula is C25H21ClFN3O4S. The van der Waals surface area contributed by atoms with E-state index in [9.17, 15) is 22.7 Å². The Morgan fingerprint density at radius 3 is 2.46 bits per heavy atom. The summed E-state index contributed by atoms with van der Waals surface area (Å²) in [5.74, 6) is -2.15. The van der Waals surface area contributed by atoms with Gasteiger partial charge in [0.05, 0.1) is 4.90 Å². The Morgan fingerprint density at radius 1 is 1.03 bits per heavy atom. The number of sulfonamides is 1. The lowest BCUT2D eigenvalue weighted by atomic mass is 10.1. The van der Waals surface area contributed by atoms with E-state index in [1.165, 1.54) is 0 Å². The number of nitrogens with one attached hydrogen (secondary N) is 2. The lowest BCUT2D eigenvalue weighted by molar-refractivity contribution is 0.0948. The van der Waals surface area contributed by atoms with Crippen LogP contribution in [-0.2, 0) is 23.0 Å². The number of amides is 1. The molecule has 180 valence electrons. The average Bonchev–Trinajstić information content (AvgIpc) is 2.84. The number of carbonyl (C=O) groups is 1. The quantitative estimate of drug-likeness (QED) is 0.327. The summed E-state index contributed by atoms with van der Waals surface area (Å²) in [6.45, 7) is 0.255. The first kappa shape index (κ1) is 24.6. The predicted octanol–water partition coefficient (Wildman–Crippen LogP) is 4.18. The van der Waals surface area contributed by atoms with Crippen molar-refractivity contribution < 1.29 is 22.7 Å². The number of fused-ring (bicyclic) bond motifs is 1. The van der Waals surface area contributed by atoms with Gasteiger partial charge in [0.2, 0.25) is 10.0 Å². The Bertz CT molecular complexity index is 1480. The zero-order chi connectivity index (χ0) is 25.0. The van der Waals surface area contributed by atoms with Crippen molar-refractivity contribution in [2.45, 2.75) is 17.9 Å².